The molecule has 0 amide bonds. The third-order valence-corrected chi connectivity index (χ3v) is 5.33. The van der Waals surface area contributed by atoms with Gasteiger partial charge in [0.05, 0.1) is 11.5 Å². The second-order valence-corrected chi connectivity index (χ2v) is 7.73. The van der Waals surface area contributed by atoms with E-state index in [4.69, 9.17) is 5.73 Å². The molecule has 0 aromatic heterocycles. The number of sulfone groups is 1. The first kappa shape index (κ1) is 15.1. The van der Waals surface area contributed by atoms with Crippen molar-refractivity contribution in [3.63, 3.8) is 0 Å². The summed E-state index contributed by atoms with van der Waals surface area (Å²) in [5, 5.41) is 0. The van der Waals surface area contributed by atoms with Crippen LogP contribution in [0.2, 0.25) is 0 Å². The highest BCUT2D eigenvalue weighted by molar-refractivity contribution is 9.10. The second-order valence-electron chi connectivity index (χ2n) is 4.81. The average molecular weight is 354 g/mol. The molecule has 0 unspecified atom stereocenters. The Balaban J connectivity index is 2.19. The van der Waals surface area contributed by atoms with Crippen molar-refractivity contribution in [2.75, 3.05) is 5.73 Å². The number of hydrogen-bond donors (Lipinski definition) is 1. The van der Waals surface area contributed by atoms with Gasteiger partial charge in [-0.3, -0.25) is 0 Å². The highest BCUT2D eigenvalue weighted by Gasteiger charge is 2.15. The van der Waals surface area contributed by atoms with E-state index in [0.29, 0.717) is 11.3 Å². The fourth-order valence-corrected chi connectivity index (χ4v) is 3.83. The molecule has 3 nitrogen and oxygen atoms in total. The van der Waals surface area contributed by atoms with Gasteiger partial charge >= 0.3 is 0 Å². The fraction of sp³-hybridized carbons (Fsp3) is 0.200. The van der Waals surface area contributed by atoms with Crippen LogP contribution in [0, 0.1) is 6.92 Å². The van der Waals surface area contributed by atoms with Gasteiger partial charge in [0.2, 0.25) is 0 Å². The largest absolute Gasteiger partial charge is 0.398 e. The zero-order chi connectivity index (χ0) is 14.8. The summed E-state index contributed by atoms with van der Waals surface area (Å²) in [6, 6.07) is 12.8. The normalized spacial score (nSPS) is 11.5. The second kappa shape index (κ2) is 5.97. The number of nitrogen functional groups attached to an aromatic ring is 1. The number of aryl methyl sites for hydroxylation is 1. The van der Waals surface area contributed by atoms with Gasteiger partial charge in [-0.05, 0) is 51.7 Å². The first-order chi connectivity index (χ1) is 9.37. The molecule has 0 heterocycles. The van der Waals surface area contributed by atoms with Gasteiger partial charge in [-0.25, -0.2) is 8.42 Å². The van der Waals surface area contributed by atoms with Crippen molar-refractivity contribution in [2.45, 2.75) is 18.4 Å². The number of rotatable bonds is 4. The van der Waals surface area contributed by atoms with Crippen molar-refractivity contribution < 1.29 is 8.42 Å². The Kier molecular flexibility index (Phi) is 4.50. The van der Waals surface area contributed by atoms with Crippen LogP contribution in [-0.2, 0) is 21.3 Å². The molecule has 2 aromatic carbocycles. The summed E-state index contributed by atoms with van der Waals surface area (Å²) >= 11 is 3.30. The van der Waals surface area contributed by atoms with Crippen molar-refractivity contribution in [3.05, 3.63) is 63.6 Å². The highest BCUT2D eigenvalue weighted by Crippen LogP contribution is 2.22. The molecule has 5 heteroatoms. The summed E-state index contributed by atoms with van der Waals surface area (Å²) < 4.78 is 25.3. The minimum absolute atomic E-state index is 0.00118. The SMILES string of the molecule is Cc1ccccc1CS(=O)(=O)Cc1ccc(Br)c(N)c1. The van der Waals surface area contributed by atoms with Crippen molar-refractivity contribution >= 4 is 31.5 Å². The number of halogens is 1. The van der Waals surface area contributed by atoms with Crippen molar-refractivity contribution in [1.82, 2.24) is 0 Å². The van der Waals surface area contributed by atoms with E-state index in [9.17, 15) is 8.42 Å². The molecule has 106 valence electrons. The van der Waals surface area contributed by atoms with E-state index in [2.05, 4.69) is 15.9 Å². The van der Waals surface area contributed by atoms with E-state index >= 15 is 0 Å². The zero-order valence-electron chi connectivity index (χ0n) is 11.1. The average Bonchev–Trinajstić information content (AvgIpc) is 2.36. The van der Waals surface area contributed by atoms with Crippen LogP contribution in [0.4, 0.5) is 5.69 Å². The lowest BCUT2D eigenvalue weighted by Gasteiger charge is -2.08. The Hall–Kier alpha value is -1.33. The monoisotopic (exact) mass is 353 g/mol. The lowest BCUT2D eigenvalue weighted by atomic mass is 10.1. The minimum atomic E-state index is -3.21. The van der Waals surface area contributed by atoms with E-state index in [-0.39, 0.29) is 11.5 Å². The maximum atomic E-state index is 12.3. The number of hydrogen-bond acceptors (Lipinski definition) is 3. The van der Waals surface area contributed by atoms with Gasteiger partial charge < -0.3 is 5.73 Å². The van der Waals surface area contributed by atoms with Crippen LogP contribution in [0.5, 0.6) is 0 Å². The van der Waals surface area contributed by atoms with E-state index < -0.39 is 9.84 Å². The van der Waals surface area contributed by atoms with E-state index in [0.717, 1.165) is 15.6 Å². The Morgan fingerprint density at radius 2 is 1.80 bits per heavy atom. The van der Waals surface area contributed by atoms with E-state index in [1.165, 1.54) is 0 Å². The molecule has 0 bridgehead atoms. The van der Waals surface area contributed by atoms with Gasteiger partial charge in [0.15, 0.2) is 9.84 Å². The lowest BCUT2D eigenvalue weighted by molar-refractivity contribution is 0.594. The van der Waals surface area contributed by atoms with Crippen LogP contribution in [0.1, 0.15) is 16.7 Å². The lowest BCUT2D eigenvalue weighted by Crippen LogP contribution is -2.09. The van der Waals surface area contributed by atoms with Crippen LogP contribution < -0.4 is 5.73 Å². The van der Waals surface area contributed by atoms with E-state index in [1.54, 1.807) is 18.2 Å². The summed E-state index contributed by atoms with van der Waals surface area (Å²) in [5.74, 6) is 0.0501. The smallest absolute Gasteiger partial charge is 0.158 e. The van der Waals surface area contributed by atoms with Gasteiger partial charge in [-0.1, -0.05) is 30.3 Å². The molecular formula is C15H16BrNO2S. The van der Waals surface area contributed by atoms with Gasteiger partial charge in [-0.15, -0.1) is 0 Å². The molecule has 2 N–H and O–H groups in total. The molecule has 0 saturated heterocycles. The molecule has 0 fully saturated rings. The van der Waals surface area contributed by atoms with Crippen molar-refractivity contribution in [2.24, 2.45) is 0 Å². The number of anilines is 1. The fourth-order valence-electron chi connectivity index (χ4n) is 2.00. The molecule has 0 atom stereocenters. The Labute approximate surface area is 127 Å². The number of nitrogens with two attached hydrogens (primary N) is 1. The molecule has 0 aliphatic carbocycles. The summed E-state index contributed by atoms with van der Waals surface area (Å²) in [6.07, 6.45) is 0. The van der Waals surface area contributed by atoms with Crippen LogP contribution in [0.15, 0.2) is 46.9 Å². The van der Waals surface area contributed by atoms with E-state index in [1.807, 2.05) is 31.2 Å². The predicted octanol–water partition coefficient (Wildman–Crippen LogP) is 3.45. The van der Waals surface area contributed by atoms with Gasteiger partial charge in [0.25, 0.3) is 0 Å². The Bertz CT molecular complexity index is 726. The molecule has 2 rings (SSSR count). The summed E-state index contributed by atoms with van der Waals surface area (Å²) in [7, 11) is -3.21. The van der Waals surface area contributed by atoms with Crippen LogP contribution in [-0.4, -0.2) is 8.42 Å². The molecule has 0 radical (unpaired) electrons. The van der Waals surface area contributed by atoms with Crippen LogP contribution in [0.25, 0.3) is 0 Å². The summed E-state index contributed by atoms with van der Waals surface area (Å²) in [6.45, 7) is 1.92. The molecule has 0 aliphatic heterocycles. The Morgan fingerprint density at radius 3 is 2.45 bits per heavy atom. The van der Waals surface area contributed by atoms with Gasteiger partial charge in [0, 0.05) is 10.2 Å². The third-order valence-electron chi connectivity index (χ3n) is 3.08. The minimum Gasteiger partial charge on any atom is -0.398 e. The number of benzene rings is 2. The van der Waals surface area contributed by atoms with Crippen molar-refractivity contribution in [3.8, 4) is 0 Å². The quantitative estimate of drug-likeness (QED) is 0.856. The van der Waals surface area contributed by atoms with Crippen LogP contribution >= 0.6 is 15.9 Å². The molecule has 0 saturated carbocycles. The third kappa shape index (κ3) is 3.84. The molecule has 20 heavy (non-hydrogen) atoms. The van der Waals surface area contributed by atoms with Crippen molar-refractivity contribution in [1.29, 1.82) is 0 Å². The molecule has 0 aliphatic rings. The zero-order valence-corrected chi connectivity index (χ0v) is 13.5. The first-order valence-corrected chi connectivity index (χ1v) is 8.78. The molecular weight excluding hydrogens is 338 g/mol. The maximum absolute atomic E-state index is 12.3. The van der Waals surface area contributed by atoms with Gasteiger partial charge in [-0.2, -0.15) is 0 Å². The summed E-state index contributed by atoms with van der Waals surface area (Å²) in [4.78, 5) is 0. The first-order valence-electron chi connectivity index (χ1n) is 6.16. The predicted molar refractivity (Wildman–Crippen MR) is 86.1 cm³/mol. The van der Waals surface area contributed by atoms with Gasteiger partial charge in [0.1, 0.15) is 0 Å². The molecule has 2 aromatic rings. The highest BCUT2D eigenvalue weighted by atomic mass is 79.9. The maximum Gasteiger partial charge on any atom is 0.158 e. The molecule has 0 spiro atoms. The van der Waals surface area contributed by atoms with Crippen LogP contribution in [0.3, 0.4) is 0 Å². The summed E-state index contributed by atoms with van der Waals surface area (Å²) in [5.41, 5.74) is 8.87. The standard InChI is InChI=1S/C15H16BrNO2S/c1-11-4-2-3-5-13(11)10-20(18,19)9-12-6-7-14(16)15(17)8-12/h2-8H,9-10,17H2,1H3. The topological polar surface area (TPSA) is 60.2 Å². The Morgan fingerprint density at radius 1 is 1.10 bits per heavy atom.